The molecule has 0 aliphatic heterocycles. The summed E-state index contributed by atoms with van der Waals surface area (Å²) in [6, 6.07) is 7.36. The monoisotopic (exact) mass is 352 g/mol. The molecule has 0 saturated carbocycles. The third kappa shape index (κ3) is 5.92. The Hall–Kier alpha value is -1.08. The van der Waals surface area contributed by atoms with Crippen LogP contribution in [0.5, 0.6) is 0 Å². The zero-order valence-corrected chi connectivity index (χ0v) is 12.7. The van der Waals surface area contributed by atoms with Gasteiger partial charge in [0, 0.05) is 4.47 Å². The van der Waals surface area contributed by atoms with Gasteiger partial charge in [0.15, 0.2) is 0 Å². The van der Waals surface area contributed by atoms with Crippen molar-refractivity contribution in [1.82, 2.24) is 10.6 Å². The Kier molecular flexibility index (Phi) is 5.59. The van der Waals surface area contributed by atoms with E-state index >= 15 is 0 Å². The Morgan fingerprint density at radius 2 is 1.75 bits per heavy atom. The van der Waals surface area contributed by atoms with Crippen LogP contribution in [0.4, 0.5) is 13.2 Å². The molecule has 0 heterocycles. The fourth-order valence-corrected chi connectivity index (χ4v) is 1.91. The van der Waals surface area contributed by atoms with Crippen molar-refractivity contribution in [2.45, 2.75) is 25.6 Å². The summed E-state index contributed by atoms with van der Waals surface area (Å²) in [6.45, 7) is 2.02. The van der Waals surface area contributed by atoms with Gasteiger partial charge in [0.2, 0.25) is 5.91 Å². The first kappa shape index (κ1) is 17.0. The van der Waals surface area contributed by atoms with Gasteiger partial charge >= 0.3 is 6.18 Å². The molecule has 1 aromatic rings. The minimum absolute atomic E-state index is 0.376. The summed E-state index contributed by atoms with van der Waals surface area (Å²) >= 11 is 3.31. The molecule has 1 amide bonds. The van der Waals surface area contributed by atoms with Gasteiger partial charge < -0.3 is 10.6 Å². The molecule has 0 atom stereocenters. The zero-order valence-electron chi connectivity index (χ0n) is 11.1. The Balaban J connectivity index is 2.53. The molecule has 0 aromatic heterocycles. The molecule has 0 aliphatic rings. The van der Waals surface area contributed by atoms with Crippen LogP contribution in [-0.2, 0) is 10.3 Å². The third-order valence-corrected chi connectivity index (χ3v) is 3.16. The van der Waals surface area contributed by atoms with Crippen molar-refractivity contribution in [1.29, 1.82) is 0 Å². The number of rotatable bonds is 5. The highest BCUT2D eigenvalue weighted by atomic mass is 79.9. The first-order valence-electron chi connectivity index (χ1n) is 5.95. The quantitative estimate of drug-likeness (QED) is 0.855. The van der Waals surface area contributed by atoms with Crippen molar-refractivity contribution in [2.75, 3.05) is 13.1 Å². The molecule has 112 valence electrons. The second-order valence-corrected chi connectivity index (χ2v) is 5.81. The smallest absolute Gasteiger partial charge is 0.346 e. The van der Waals surface area contributed by atoms with Gasteiger partial charge in [-0.05, 0) is 31.5 Å². The molecule has 20 heavy (non-hydrogen) atoms. The maximum absolute atomic E-state index is 11.9. The van der Waals surface area contributed by atoms with E-state index in [9.17, 15) is 18.0 Å². The Bertz CT molecular complexity index is 458. The fourth-order valence-electron chi connectivity index (χ4n) is 1.65. The highest BCUT2D eigenvalue weighted by Crippen LogP contribution is 2.22. The molecule has 0 spiro atoms. The summed E-state index contributed by atoms with van der Waals surface area (Å²) in [5.41, 5.74) is 0.211. The van der Waals surface area contributed by atoms with E-state index in [4.69, 9.17) is 0 Å². The second-order valence-electron chi connectivity index (χ2n) is 4.90. The second kappa shape index (κ2) is 6.58. The molecule has 0 saturated heterocycles. The summed E-state index contributed by atoms with van der Waals surface area (Å²) in [5, 5.41) is 4.76. The van der Waals surface area contributed by atoms with Crippen molar-refractivity contribution in [3.63, 3.8) is 0 Å². The summed E-state index contributed by atoms with van der Waals surface area (Å²) in [6.07, 6.45) is -4.32. The van der Waals surface area contributed by atoms with E-state index in [0.717, 1.165) is 10.0 Å². The van der Waals surface area contributed by atoms with Crippen LogP contribution in [0.1, 0.15) is 19.4 Å². The van der Waals surface area contributed by atoms with Crippen LogP contribution in [0.15, 0.2) is 28.7 Å². The number of nitrogens with one attached hydrogen (secondary N) is 2. The fraction of sp³-hybridized carbons (Fsp3) is 0.462. The van der Waals surface area contributed by atoms with Gasteiger partial charge in [-0.1, -0.05) is 28.1 Å². The van der Waals surface area contributed by atoms with Gasteiger partial charge in [-0.15, -0.1) is 0 Å². The molecule has 3 nitrogen and oxygen atoms in total. The standard InChI is InChI=1S/C13H16BrF3N2O/c1-12(2,9-3-5-10(14)6-4-9)19-11(20)7-18-8-13(15,16)17/h3-6,18H,7-8H2,1-2H3,(H,19,20). The number of carbonyl (C=O) groups excluding carboxylic acids is 1. The molecule has 2 N–H and O–H groups in total. The minimum atomic E-state index is -4.32. The molecule has 7 heteroatoms. The molecule has 0 unspecified atom stereocenters. The van der Waals surface area contributed by atoms with E-state index in [1.807, 2.05) is 24.3 Å². The first-order valence-corrected chi connectivity index (χ1v) is 6.74. The van der Waals surface area contributed by atoms with Crippen LogP contribution in [0.25, 0.3) is 0 Å². The molecule has 0 aliphatic carbocycles. The number of alkyl halides is 3. The molecular weight excluding hydrogens is 337 g/mol. The summed E-state index contributed by atoms with van der Waals surface area (Å²) < 4.78 is 36.8. The number of hydrogen-bond donors (Lipinski definition) is 2. The SMILES string of the molecule is CC(C)(NC(=O)CNCC(F)(F)F)c1ccc(Br)cc1. The molecule has 0 radical (unpaired) electrons. The van der Waals surface area contributed by atoms with Crippen molar-refractivity contribution >= 4 is 21.8 Å². The van der Waals surface area contributed by atoms with Crippen molar-refractivity contribution in [2.24, 2.45) is 0 Å². The van der Waals surface area contributed by atoms with Gasteiger partial charge in [-0.3, -0.25) is 4.79 Å². The number of carbonyl (C=O) groups is 1. The predicted molar refractivity (Wildman–Crippen MR) is 74.2 cm³/mol. The molecule has 0 bridgehead atoms. The van der Waals surface area contributed by atoms with Crippen LogP contribution in [0, 0.1) is 0 Å². The van der Waals surface area contributed by atoms with Crippen LogP contribution >= 0.6 is 15.9 Å². The van der Waals surface area contributed by atoms with Gasteiger partial charge in [0.1, 0.15) is 0 Å². The van der Waals surface area contributed by atoms with E-state index in [1.165, 1.54) is 0 Å². The highest BCUT2D eigenvalue weighted by molar-refractivity contribution is 9.10. The van der Waals surface area contributed by atoms with Crippen molar-refractivity contribution in [3.8, 4) is 0 Å². The topological polar surface area (TPSA) is 41.1 Å². The lowest BCUT2D eigenvalue weighted by atomic mass is 9.94. The molecule has 1 rings (SSSR count). The minimum Gasteiger partial charge on any atom is -0.346 e. The van der Waals surface area contributed by atoms with Crippen LogP contribution in [0.2, 0.25) is 0 Å². The van der Waals surface area contributed by atoms with Crippen LogP contribution in [-0.4, -0.2) is 25.2 Å². The summed E-state index contributed by atoms with van der Waals surface area (Å²) in [4.78, 5) is 11.6. The van der Waals surface area contributed by atoms with E-state index in [0.29, 0.717) is 0 Å². The highest BCUT2D eigenvalue weighted by Gasteiger charge is 2.27. The van der Waals surface area contributed by atoms with Gasteiger partial charge in [-0.2, -0.15) is 13.2 Å². The normalized spacial score (nSPS) is 12.3. The first-order chi connectivity index (χ1) is 9.10. The average molecular weight is 353 g/mol. The molecule has 0 fully saturated rings. The number of halogens is 4. The van der Waals surface area contributed by atoms with E-state index in [-0.39, 0.29) is 6.54 Å². The Morgan fingerprint density at radius 1 is 1.20 bits per heavy atom. The molecule has 1 aromatic carbocycles. The van der Waals surface area contributed by atoms with Gasteiger partial charge in [0.05, 0.1) is 18.6 Å². The number of amides is 1. The molecular formula is C13H16BrF3N2O. The third-order valence-electron chi connectivity index (χ3n) is 2.63. The predicted octanol–water partition coefficient (Wildman–Crippen LogP) is 2.95. The largest absolute Gasteiger partial charge is 0.401 e. The van der Waals surface area contributed by atoms with E-state index in [2.05, 4.69) is 26.6 Å². The number of benzene rings is 1. The lowest BCUT2D eigenvalue weighted by Crippen LogP contribution is -2.46. The average Bonchev–Trinajstić information content (AvgIpc) is 2.26. The van der Waals surface area contributed by atoms with Gasteiger partial charge in [-0.25, -0.2) is 0 Å². The van der Waals surface area contributed by atoms with Crippen molar-refractivity contribution in [3.05, 3.63) is 34.3 Å². The van der Waals surface area contributed by atoms with Crippen LogP contribution < -0.4 is 10.6 Å². The van der Waals surface area contributed by atoms with Crippen molar-refractivity contribution < 1.29 is 18.0 Å². The van der Waals surface area contributed by atoms with E-state index < -0.39 is 24.2 Å². The maximum atomic E-state index is 11.9. The lowest BCUT2D eigenvalue weighted by Gasteiger charge is -2.27. The zero-order chi connectivity index (χ0) is 15.4. The van der Waals surface area contributed by atoms with Gasteiger partial charge in [0.25, 0.3) is 0 Å². The Morgan fingerprint density at radius 3 is 2.25 bits per heavy atom. The Labute approximate surface area is 124 Å². The maximum Gasteiger partial charge on any atom is 0.401 e. The van der Waals surface area contributed by atoms with E-state index in [1.54, 1.807) is 13.8 Å². The summed E-state index contributed by atoms with van der Waals surface area (Å²) in [5.74, 6) is -0.484. The lowest BCUT2D eigenvalue weighted by molar-refractivity contribution is -0.129. The summed E-state index contributed by atoms with van der Waals surface area (Å²) in [7, 11) is 0. The van der Waals surface area contributed by atoms with Crippen LogP contribution in [0.3, 0.4) is 0 Å². The number of hydrogen-bond acceptors (Lipinski definition) is 2.